The van der Waals surface area contributed by atoms with Gasteiger partial charge in [-0.15, -0.1) is 0 Å². The van der Waals surface area contributed by atoms with Crippen molar-refractivity contribution >= 4 is 22.4 Å². The summed E-state index contributed by atoms with van der Waals surface area (Å²) in [7, 11) is -0.720. The van der Waals surface area contributed by atoms with Crippen LogP contribution in [0.1, 0.15) is 0 Å². The molecule has 88 valence electrons. The zero-order chi connectivity index (χ0) is 12.3. The molecule has 0 bridgehead atoms. The van der Waals surface area contributed by atoms with Gasteiger partial charge in [-0.3, -0.25) is 9.00 Å². The summed E-state index contributed by atoms with van der Waals surface area (Å²) in [4.78, 5) is 10.3. The van der Waals surface area contributed by atoms with Crippen LogP contribution in [0.25, 0.3) is 0 Å². The highest BCUT2D eigenvalue weighted by atomic mass is 32.2. The highest BCUT2D eigenvalue weighted by Crippen LogP contribution is 2.20. The zero-order valence-corrected chi connectivity index (χ0v) is 9.24. The van der Waals surface area contributed by atoms with E-state index in [9.17, 15) is 17.8 Å². The maximum Gasteiger partial charge on any atom is 0.232 e. The molecule has 0 aliphatic heterocycles. The van der Waals surface area contributed by atoms with Crippen molar-refractivity contribution < 1.29 is 17.8 Å². The Hall–Kier alpha value is -1.50. The van der Waals surface area contributed by atoms with Crippen molar-refractivity contribution in [2.75, 3.05) is 18.5 Å². The van der Waals surface area contributed by atoms with E-state index < -0.39 is 39.0 Å². The first-order valence-electron chi connectivity index (χ1n) is 4.29. The number of rotatable bonds is 3. The molecule has 16 heavy (non-hydrogen) atoms. The molecule has 1 amide bonds. The molecule has 0 aromatic heterocycles. The average molecular weight is 248 g/mol. The van der Waals surface area contributed by atoms with Crippen LogP contribution in [0.4, 0.5) is 14.5 Å². The fraction of sp³-hybridized carbons (Fsp3) is 0.222. The van der Waals surface area contributed by atoms with E-state index in [1.54, 1.807) is 0 Å². The molecule has 0 radical (unpaired) electrons. The lowest BCUT2D eigenvalue weighted by molar-refractivity contribution is -0.118. The lowest BCUT2D eigenvalue weighted by atomic mass is 10.3. The molecule has 0 aliphatic carbocycles. The maximum absolute atomic E-state index is 13.3. The van der Waals surface area contributed by atoms with Gasteiger partial charge in [0, 0.05) is 12.7 Å². The maximum atomic E-state index is 13.3. The molecule has 0 saturated carbocycles. The number of halogens is 2. The van der Waals surface area contributed by atoms with Crippen molar-refractivity contribution in [1.82, 2.24) is 5.32 Å². The van der Waals surface area contributed by atoms with Crippen LogP contribution >= 0.6 is 0 Å². The Bertz CT molecular complexity index is 428. The van der Waals surface area contributed by atoms with Crippen LogP contribution in [0.15, 0.2) is 17.0 Å². The van der Waals surface area contributed by atoms with Gasteiger partial charge < -0.3 is 11.1 Å². The second kappa shape index (κ2) is 5.02. The number of carbonyl (C=O) groups is 1. The first-order valence-corrected chi connectivity index (χ1v) is 5.61. The predicted molar refractivity (Wildman–Crippen MR) is 56.1 cm³/mol. The molecule has 4 nitrogen and oxygen atoms in total. The first kappa shape index (κ1) is 12.6. The van der Waals surface area contributed by atoms with Gasteiger partial charge in [-0.05, 0) is 12.1 Å². The van der Waals surface area contributed by atoms with Crippen molar-refractivity contribution in [1.29, 1.82) is 0 Å². The fourth-order valence-corrected chi connectivity index (χ4v) is 2.14. The van der Waals surface area contributed by atoms with Gasteiger partial charge in [0.15, 0.2) is 0 Å². The van der Waals surface area contributed by atoms with Crippen LogP contribution < -0.4 is 11.1 Å². The van der Waals surface area contributed by atoms with Crippen molar-refractivity contribution in [2.45, 2.75) is 4.90 Å². The molecule has 1 rings (SSSR count). The van der Waals surface area contributed by atoms with E-state index in [0.717, 1.165) is 12.1 Å². The summed E-state index contributed by atoms with van der Waals surface area (Å²) >= 11 is 0. The van der Waals surface area contributed by atoms with E-state index in [4.69, 9.17) is 5.73 Å². The number of carbonyl (C=O) groups excluding carboxylic acids is 1. The molecule has 1 aromatic rings. The number of nitrogens with one attached hydrogen (secondary N) is 1. The molecule has 1 aromatic carbocycles. The lowest BCUT2D eigenvalue weighted by Gasteiger charge is -2.05. The number of hydrogen-bond donors (Lipinski definition) is 2. The average Bonchev–Trinajstić information content (AvgIpc) is 2.15. The number of nitrogens with two attached hydrogens (primary N) is 1. The normalized spacial score (nSPS) is 12.2. The lowest BCUT2D eigenvalue weighted by Crippen LogP contribution is -2.25. The van der Waals surface area contributed by atoms with Crippen LogP contribution in [-0.4, -0.2) is 22.9 Å². The Labute approximate surface area is 93.3 Å². The van der Waals surface area contributed by atoms with Gasteiger partial charge in [-0.1, -0.05) is 0 Å². The number of benzene rings is 1. The van der Waals surface area contributed by atoms with E-state index >= 15 is 0 Å². The Morgan fingerprint density at radius 3 is 2.38 bits per heavy atom. The van der Waals surface area contributed by atoms with Crippen LogP contribution in [-0.2, 0) is 15.6 Å². The highest BCUT2D eigenvalue weighted by molar-refractivity contribution is 7.85. The van der Waals surface area contributed by atoms with Crippen molar-refractivity contribution in [3.8, 4) is 0 Å². The monoisotopic (exact) mass is 248 g/mol. The molecule has 0 aliphatic rings. The van der Waals surface area contributed by atoms with Crippen LogP contribution in [0.3, 0.4) is 0 Å². The second-order valence-electron chi connectivity index (χ2n) is 2.98. The Balaban J connectivity index is 3.04. The third-order valence-electron chi connectivity index (χ3n) is 1.79. The topological polar surface area (TPSA) is 72.2 Å². The van der Waals surface area contributed by atoms with Crippen molar-refractivity contribution in [3.63, 3.8) is 0 Å². The minimum absolute atomic E-state index is 0.101. The van der Waals surface area contributed by atoms with E-state index in [-0.39, 0.29) is 5.69 Å². The van der Waals surface area contributed by atoms with Gasteiger partial charge in [0.25, 0.3) is 0 Å². The third-order valence-corrected chi connectivity index (χ3v) is 3.16. The molecule has 0 fully saturated rings. The van der Waals surface area contributed by atoms with Gasteiger partial charge in [0.1, 0.15) is 22.3 Å². The second-order valence-corrected chi connectivity index (χ2v) is 4.36. The molecule has 0 saturated heterocycles. The highest BCUT2D eigenvalue weighted by Gasteiger charge is 2.18. The molecule has 1 atom stereocenters. The minimum atomic E-state index is -2.06. The summed E-state index contributed by atoms with van der Waals surface area (Å²) in [6.45, 7) is 0. The fourth-order valence-electron chi connectivity index (χ4n) is 1.06. The van der Waals surface area contributed by atoms with Gasteiger partial charge in [0.05, 0.1) is 10.8 Å². The largest absolute Gasteiger partial charge is 0.399 e. The van der Waals surface area contributed by atoms with Crippen LogP contribution in [0, 0.1) is 11.6 Å². The number of anilines is 1. The van der Waals surface area contributed by atoms with Crippen molar-refractivity contribution in [3.05, 3.63) is 23.8 Å². The smallest absolute Gasteiger partial charge is 0.232 e. The Kier molecular flexibility index (Phi) is 3.94. The third kappa shape index (κ3) is 2.75. The summed E-state index contributed by atoms with van der Waals surface area (Å²) < 4.78 is 38.0. The van der Waals surface area contributed by atoms with E-state index in [2.05, 4.69) is 5.32 Å². The summed E-state index contributed by atoms with van der Waals surface area (Å²) in [5.41, 5.74) is 5.10. The number of nitrogen functional groups attached to an aromatic ring is 1. The van der Waals surface area contributed by atoms with Gasteiger partial charge in [-0.2, -0.15) is 0 Å². The summed E-state index contributed by atoms with van der Waals surface area (Å²) in [5.74, 6) is -3.08. The number of amides is 1. The minimum Gasteiger partial charge on any atom is -0.399 e. The van der Waals surface area contributed by atoms with Crippen molar-refractivity contribution in [2.24, 2.45) is 0 Å². The number of hydrogen-bond acceptors (Lipinski definition) is 3. The van der Waals surface area contributed by atoms with Gasteiger partial charge in [-0.25, -0.2) is 8.78 Å². The van der Waals surface area contributed by atoms with Gasteiger partial charge >= 0.3 is 0 Å². The van der Waals surface area contributed by atoms with Crippen LogP contribution in [0.2, 0.25) is 0 Å². The summed E-state index contributed by atoms with van der Waals surface area (Å²) in [6, 6.07) is 1.72. The molecular weight excluding hydrogens is 238 g/mol. The summed E-state index contributed by atoms with van der Waals surface area (Å²) in [5, 5.41) is 2.21. The molecule has 0 heterocycles. The van der Waals surface area contributed by atoms with E-state index in [0.29, 0.717) is 0 Å². The summed E-state index contributed by atoms with van der Waals surface area (Å²) in [6.07, 6.45) is 0. The SMILES string of the molecule is CNC(=O)CS(=O)c1c(F)cc(N)cc1F. The van der Waals surface area contributed by atoms with Gasteiger partial charge in [0.2, 0.25) is 5.91 Å². The molecule has 0 spiro atoms. The Morgan fingerprint density at radius 1 is 1.44 bits per heavy atom. The quantitative estimate of drug-likeness (QED) is 0.760. The zero-order valence-electron chi connectivity index (χ0n) is 8.42. The van der Waals surface area contributed by atoms with E-state index in [1.807, 2.05) is 0 Å². The Morgan fingerprint density at radius 2 is 1.94 bits per heavy atom. The molecule has 7 heteroatoms. The standard InChI is InChI=1S/C9H10F2N2O2S/c1-13-8(14)4-16(15)9-6(10)2-5(12)3-7(9)11/h2-3H,4,12H2,1H3,(H,13,14). The molecule has 1 unspecified atom stereocenters. The molecular formula is C9H10F2N2O2S. The molecule has 3 N–H and O–H groups in total. The van der Waals surface area contributed by atoms with Crippen LogP contribution in [0.5, 0.6) is 0 Å². The first-order chi connectivity index (χ1) is 7.45. The van der Waals surface area contributed by atoms with E-state index in [1.165, 1.54) is 7.05 Å². The predicted octanol–water partition coefficient (Wildman–Crippen LogP) is 0.401.